The first-order valence-corrected chi connectivity index (χ1v) is 7.36. The lowest BCUT2D eigenvalue weighted by atomic mass is 10.1. The van der Waals surface area contributed by atoms with E-state index in [9.17, 15) is 0 Å². The molecule has 0 aromatic rings. The van der Waals surface area contributed by atoms with Gasteiger partial charge in [0, 0.05) is 0 Å². The molecule has 0 radical (unpaired) electrons. The Labute approximate surface area is 108 Å². The highest BCUT2D eigenvalue weighted by Crippen LogP contribution is 2.09. The Morgan fingerprint density at radius 2 is 1.12 bits per heavy atom. The molecule has 0 fully saturated rings. The van der Waals surface area contributed by atoms with E-state index in [2.05, 4.69) is 19.1 Å². The highest BCUT2D eigenvalue weighted by molar-refractivity contribution is 4.81. The van der Waals surface area contributed by atoms with Crippen molar-refractivity contribution in [2.24, 2.45) is 0 Å². The molecular formula is C16H30O. The van der Waals surface area contributed by atoms with Gasteiger partial charge in [0.2, 0.25) is 0 Å². The number of rotatable bonds is 12. The van der Waals surface area contributed by atoms with Crippen molar-refractivity contribution in [2.45, 2.75) is 77.6 Å². The van der Waals surface area contributed by atoms with Crippen LogP contribution in [0.15, 0.2) is 24.5 Å². The highest BCUT2D eigenvalue weighted by atomic mass is 16.2. The fourth-order valence-electron chi connectivity index (χ4n) is 1.86. The minimum absolute atomic E-state index is 1.02. The van der Waals surface area contributed by atoms with Crippen molar-refractivity contribution >= 4 is 0 Å². The van der Waals surface area contributed by atoms with Gasteiger partial charge in [0.05, 0.1) is 6.26 Å². The first kappa shape index (κ1) is 16.3. The molecule has 0 aromatic carbocycles. The topological polar surface area (TPSA) is 20.2 Å². The smallest absolute Gasteiger partial charge is 0.0751 e. The Hall–Kier alpha value is -0.720. The van der Waals surface area contributed by atoms with Crippen molar-refractivity contribution in [3.63, 3.8) is 0 Å². The molecule has 0 spiro atoms. The van der Waals surface area contributed by atoms with Gasteiger partial charge in [0.1, 0.15) is 0 Å². The van der Waals surface area contributed by atoms with Gasteiger partial charge >= 0.3 is 0 Å². The summed E-state index contributed by atoms with van der Waals surface area (Å²) in [6.45, 7) is 2.24. The molecular weight excluding hydrogens is 208 g/mol. The molecule has 0 atom stereocenters. The fraction of sp³-hybridized carbons (Fsp3) is 0.750. The van der Waals surface area contributed by atoms with Crippen molar-refractivity contribution < 1.29 is 5.11 Å². The molecule has 1 heteroatoms. The quantitative estimate of drug-likeness (QED) is 0.254. The van der Waals surface area contributed by atoms with Crippen molar-refractivity contribution in [3.05, 3.63) is 24.5 Å². The lowest BCUT2D eigenvalue weighted by Crippen LogP contribution is -1.79. The van der Waals surface area contributed by atoms with Crippen LogP contribution < -0.4 is 0 Å². The van der Waals surface area contributed by atoms with E-state index in [1.54, 1.807) is 0 Å². The maximum atomic E-state index is 8.46. The Kier molecular flexibility index (Phi) is 14.6. The monoisotopic (exact) mass is 238 g/mol. The Morgan fingerprint density at radius 1 is 0.647 bits per heavy atom. The van der Waals surface area contributed by atoms with Crippen molar-refractivity contribution in [1.29, 1.82) is 0 Å². The average Bonchev–Trinajstić information content (AvgIpc) is 2.35. The molecule has 0 bridgehead atoms. The van der Waals surface area contributed by atoms with Crippen LogP contribution in [0.5, 0.6) is 0 Å². The predicted molar refractivity (Wildman–Crippen MR) is 77.4 cm³/mol. The number of hydrogen-bond acceptors (Lipinski definition) is 1. The van der Waals surface area contributed by atoms with Gasteiger partial charge in [-0.25, -0.2) is 0 Å². The molecule has 1 N–H and O–H groups in total. The van der Waals surface area contributed by atoms with Crippen molar-refractivity contribution in [2.75, 3.05) is 0 Å². The summed E-state index contributed by atoms with van der Waals surface area (Å²) in [5.41, 5.74) is 0. The molecule has 0 aliphatic carbocycles. The Morgan fingerprint density at radius 3 is 1.65 bits per heavy atom. The lowest BCUT2D eigenvalue weighted by molar-refractivity contribution is 0.469. The first-order valence-electron chi connectivity index (χ1n) is 7.36. The molecule has 100 valence electrons. The van der Waals surface area contributed by atoms with E-state index in [1.165, 1.54) is 64.2 Å². The van der Waals surface area contributed by atoms with Gasteiger partial charge < -0.3 is 5.11 Å². The van der Waals surface area contributed by atoms with Gasteiger partial charge in [0.25, 0.3) is 0 Å². The van der Waals surface area contributed by atoms with Crippen LogP contribution in [0.3, 0.4) is 0 Å². The lowest BCUT2D eigenvalue weighted by Gasteiger charge is -1.99. The predicted octanol–water partition coefficient (Wildman–Crippen LogP) is 5.93. The van der Waals surface area contributed by atoms with E-state index >= 15 is 0 Å². The van der Waals surface area contributed by atoms with E-state index in [1.807, 2.05) is 6.08 Å². The molecule has 1 nitrogen and oxygen atoms in total. The van der Waals surface area contributed by atoms with Gasteiger partial charge in [-0.2, -0.15) is 0 Å². The summed E-state index contributed by atoms with van der Waals surface area (Å²) >= 11 is 0. The summed E-state index contributed by atoms with van der Waals surface area (Å²) in [6, 6.07) is 0. The first-order chi connectivity index (χ1) is 8.41. The second-order valence-electron chi connectivity index (χ2n) is 4.70. The van der Waals surface area contributed by atoms with E-state index in [0.717, 1.165) is 12.7 Å². The van der Waals surface area contributed by atoms with Crippen molar-refractivity contribution in [3.8, 4) is 0 Å². The summed E-state index contributed by atoms with van der Waals surface area (Å²) < 4.78 is 0. The van der Waals surface area contributed by atoms with Gasteiger partial charge in [-0.15, -0.1) is 0 Å². The number of allylic oxidation sites excluding steroid dienone is 3. The third-order valence-electron chi connectivity index (χ3n) is 2.99. The zero-order valence-electron chi connectivity index (χ0n) is 11.5. The van der Waals surface area contributed by atoms with E-state index in [4.69, 9.17) is 5.11 Å². The molecule has 0 unspecified atom stereocenters. The average molecular weight is 238 g/mol. The van der Waals surface area contributed by atoms with Gasteiger partial charge in [-0.05, 0) is 32.1 Å². The highest BCUT2D eigenvalue weighted by Gasteiger charge is 1.89. The van der Waals surface area contributed by atoms with E-state index in [0.29, 0.717) is 0 Å². The molecule has 0 aliphatic rings. The molecule has 0 aliphatic heterocycles. The summed E-state index contributed by atoms with van der Waals surface area (Å²) in [5, 5.41) is 8.46. The summed E-state index contributed by atoms with van der Waals surface area (Å²) in [7, 11) is 0. The number of aliphatic hydroxyl groups excluding tert-OH is 1. The van der Waals surface area contributed by atoms with E-state index in [-0.39, 0.29) is 0 Å². The SMILES string of the molecule is CCCCC=CCCCCCCCCC=CO. The van der Waals surface area contributed by atoms with Crippen LogP contribution in [0.1, 0.15) is 77.6 Å². The number of hydrogen-bond donors (Lipinski definition) is 1. The Balaban J connectivity index is 3.00. The van der Waals surface area contributed by atoms with Gasteiger partial charge in [-0.1, -0.05) is 63.7 Å². The van der Waals surface area contributed by atoms with Gasteiger partial charge in [0.15, 0.2) is 0 Å². The third-order valence-corrected chi connectivity index (χ3v) is 2.99. The summed E-state index contributed by atoms with van der Waals surface area (Å²) in [4.78, 5) is 0. The van der Waals surface area contributed by atoms with Crippen LogP contribution >= 0.6 is 0 Å². The largest absolute Gasteiger partial charge is 0.516 e. The maximum absolute atomic E-state index is 8.46. The third kappa shape index (κ3) is 15.3. The van der Waals surface area contributed by atoms with Crippen LogP contribution in [0, 0.1) is 0 Å². The van der Waals surface area contributed by atoms with Gasteiger partial charge in [-0.3, -0.25) is 0 Å². The van der Waals surface area contributed by atoms with Crippen molar-refractivity contribution in [1.82, 2.24) is 0 Å². The fourth-order valence-corrected chi connectivity index (χ4v) is 1.86. The molecule has 0 saturated carbocycles. The van der Waals surface area contributed by atoms with Crippen LogP contribution in [-0.2, 0) is 0 Å². The zero-order valence-corrected chi connectivity index (χ0v) is 11.5. The normalized spacial score (nSPS) is 11.8. The van der Waals surface area contributed by atoms with Crippen LogP contribution in [0.25, 0.3) is 0 Å². The van der Waals surface area contributed by atoms with Crippen LogP contribution in [0.4, 0.5) is 0 Å². The molecule has 17 heavy (non-hydrogen) atoms. The summed E-state index contributed by atoms with van der Waals surface area (Å²) in [5.74, 6) is 0. The van der Waals surface area contributed by atoms with Crippen LogP contribution in [0.2, 0.25) is 0 Å². The summed E-state index contributed by atoms with van der Waals surface area (Å²) in [6.07, 6.45) is 21.8. The molecule has 0 aromatic heterocycles. The second kappa shape index (κ2) is 15.3. The Bertz CT molecular complexity index is 182. The zero-order chi connectivity index (χ0) is 12.6. The second-order valence-corrected chi connectivity index (χ2v) is 4.70. The molecule has 0 amide bonds. The standard InChI is InChI=1S/C16H30O/c1-2-3-4-5-6-7-8-9-10-11-12-13-14-15-16-17/h5-6,15-17H,2-4,7-14H2,1H3. The number of aliphatic hydroxyl groups is 1. The molecule has 0 rings (SSSR count). The molecule has 0 heterocycles. The minimum atomic E-state index is 1.02. The molecule has 0 saturated heterocycles. The van der Waals surface area contributed by atoms with E-state index < -0.39 is 0 Å². The number of unbranched alkanes of at least 4 members (excludes halogenated alkanes) is 9. The minimum Gasteiger partial charge on any atom is -0.516 e. The van der Waals surface area contributed by atoms with Crippen LogP contribution in [-0.4, -0.2) is 5.11 Å². The maximum Gasteiger partial charge on any atom is 0.0751 e.